The number of hydrazone groups is 1. The van der Waals surface area contributed by atoms with Gasteiger partial charge in [0.05, 0.1) is 19.6 Å². The van der Waals surface area contributed by atoms with Crippen molar-refractivity contribution >= 4 is 18.1 Å². The van der Waals surface area contributed by atoms with E-state index in [2.05, 4.69) is 10.5 Å². The largest absolute Gasteiger partial charge is 0.493 e. The van der Waals surface area contributed by atoms with Gasteiger partial charge in [-0.2, -0.15) is 5.10 Å². The van der Waals surface area contributed by atoms with Gasteiger partial charge in [-0.3, -0.25) is 4.79 Å². The van der Waals surface area contributed by atoms with Crippen LogP contribution in [0.2, 0.25) is 0 Å². The number of carbonyl (C=O) groups excluding carboxylic acids is 2. The fourth-order valence-electron chi connectivity index (χ4n) is 2.46. The van der Waals surface area contributed by atoms with E-state index >= 15 is 0 Å². The second-order valence-electron chi connectivity index (χ2n) is 6.18. The molecular weight excluding hydrogens is 388 g/mol. The number of nitrogens with one attached hydrogen (secondary N) is 1. The molecular formula is C22H20N2O6. The minimum absolute atomic E-state index is 0.0817. The fourth-order valence-corrected chi connectivity index (χ4v) is 2.46. The Morgan fingerprint density at radius 1 is 1.10 bits per heavy atom. The van der Waals surface area contributed by atoms with Crippen molar-refractivity contribution in [2.24, 2.45) is 5.10 Å². The van der Waals surface area contributed by atoms with Crippen LogP contribution in [0.25, 0.3) is 0 Å². The Balaban J connectivity index is 1.54. The Morgan fingerprint density at radius 3 is 2.70 bits per heavy atom. The van der Waals surface area contributed by atoms with Crippen LogP contribution >= 0.6 is 0 Å². The number of furan rings is 1. The van der Waals surface area contributed by atoms with Crippen molar-refractivity contribution in [2.45, 2.75) is 6.92 Å². The molecule has 1 aromatic heterocycles. The molecule has 1 N–H and O–H groups in total. The summed E-state index contributed by atoms with van der Waals surface area (Å²) in [7, 11) is 1.45. The maximum Gasteiger partial charge on any atom is 0.379 e. The van der Waals surface area contributed by atoms with E-state index in [4.69, 9.17) is 18.6 Å². The molecule has 30 heavy (non-hydrogen) atoms. The number of ether oxygens (including phenoxy) is 3. The number of nitrogens with zero attached hydrogens (tertiary/aromatic N) is 1. The number of hydrogen-bond donors (Lipinski definition) is 1. The zero-order valence-electron chi connectivity index (χ0n) is 16.5. The van der Waals surface area contributed by atoms with Crippen LogP contribution in [0.5, 0.6) is 17.2 Å². The minimum atomic E-state index is -0.638. The highest BCUT2D eigenvalue weighted by Crippen LogP contribution is 2.28. The zero-order valence-corrected chi connectivity index (χ0v) is 16.5. The first-order valence-corrected chi connectivity index (χ1v) is 9.00. The SMILES string of the molecule is COc1cc(C=NNC(=O)COc2cccc(C)c2)ccc1OC(=O)c1ccco1. The van der Waals surface area contributed by atoms with Gasteiger partial charge in [-0.05, 0) is 60.5 Å². The molecule has 8 heteroatoms. The number of benzene rings is 2. The van der Waals surface area contributed by atoms with Crippen LogP contribution in [0.4, 0.5) is 0 Å². The van der Waals surface area contributed by atoms with Crippen molar-refractivity contribution in [2.75, 3.05) is 13.7 Å². The number of rotatable bonds is 8. The number of methoxy groups -OCH3 is 1. The number of hydrogen-bond acceptors (Lipinski definition) is 7. The lowest BCUT2D eigenvalue weighted by atomic mass is 10.2. The Bertz CT molecular complexity index is 1040. The van der Waals surface area contributed by atoms with Crippen LogP contribution in [0.1, 0.15) is 21.7 Å². The van der Waals surface area contributed by atoms with Gasteiger partial charge in [0.25, 0.3) is 5.91 Å². The van der Waals surface area contributed by atoms with Crippen LogP contribution in [-0.4, -0.2) is 31.8 Å². The monoisotopic (exact) mass is 408 g/mol. The number of aryl methyl sites for hydroxylation is 1. The topological polar surface area (TPSA) is 99.4 Å². The van der Waals surface area contributed by atoms with Crippen molar-refractivity contribution in [3.63, 3.8) is 0 Å². The Hall–Kier alpha value is -4.07. The third kappa shape index (κ3) is 5.71. The molecule has 0 aliphatic carbocycles. The van der Waals surface area contributed by atoms with Gasteiger partial charge in [0, 0.05) is 0 Å². The van der Waals surface area contributed by atoms with Gasteiger partial charge >= 0.3 is 5.97 Å². The van der Waals surface area contributed by atoms with Crippen LogP contribution < -0.4 is 19.6 Å². The molecule has 8 nitrogen and oxygen atoms in total. The van der Waals surface area contributed by atoms with Crippen molar-refractivity contribution in [3.05, 3.63) is 77.7 Å². The van der Waals surface area contributed by atoms with Gasteiger partial charge in [0.2, 0.25) is 5.76 Å². The number of carbonyl (C=O) groups is 2. The molecule has 0 bridgehead atoms. The molecule has 3 rings (SSSR count). The van der Waals surface area contributed by atoms with E-state index in [-0.39, 0.29) is 18.1 Å². The third-order valence-electron chi connectivity index (χ3n) is 3.88. The van der Waals surface area contributed by atoms with Crippen molar-refractivity contribution in [1.82, 2.24) is 5.43 Å². The molecule has 0 aliphatic rings. The molecule has 0 radical (unpaired) electrons. The highest BCUT2D eigenvalue weighted by atomic mass is 16.6. The van der Waals surface area contributed by atoms with Crippen molar-refractivity contribution in [1.29, 1.82) is 0 Å². The van der Waals surface area contributed by atoms with Gasteiger partial charge in [-0.25, -0.2) is 10.2 Å². The first-order valence-electron chi connectivity index (χ1n) is 9.00. The fraction of sp³-hybridized carbons (Fsp3) is 0.136. The molecule has 1 heterocycles. The molecule has 0 fully saturated rings. The number of amides is 1. The predicted octanol–water partition coefficient (Wildman–Crippen LogP) is 3.34. The Labute approximate surface area is 173 Å². The predicted molar refractivity (Wildman–Crippen MR) is 109 cm³/mol. The van der Waals surface area contributed by atoms with E-state index in [0.29, 0.717) is 17.1 Å². The highest BCUT2D eigenvalue weighted by Gasteiger charge is 2.14. The van der Waals surface area contributed by atoms with Gasteiger partial charge in [0.15, 0.2) is 18.1 Å². The second-order valence-corrected chi connectivity index (χ2v) is 6.18. The summed E-state index contributed by atoms with van der Waals surface area (Å²) < 4.78 is 20.9. The van der Waals surface area contributed by atoms with Gasteiger partial charge < -0.3 is 18.6 Å². The molecule has 2 aromatic carbocycles. The average molecular weight is 408 g/mol. The van der Waals surface area contributed by atoms with E-state index < -0.39 is 11.9 Å². The van der Waals surface area contributed by atoms with Crippen LogP contribution in [0.3, 0.4) is 0 Å². The summed E-state index contributed by atoms with van der Waals surface area (Å²) in [6.45, 7) is 1.78. The average Bonchev–Trinajstić information content (AvgIpc) is 3.28. The normalized spacial score (nSPS) is 10.6. The first kappa shape index (κ1) is 20.7. The highest BCUT2D eigenvalue weighted by molar-refractivity contribution is 5.89. The lowest BCUT2D eigenvalue weighted by Gasteiger charge is -2.09. The summed E-state index contributed by atoms with van der Waals surface area (Å²) in [5, 5.41) is 3.90. The Morgan fingerprint density at radius 2 is 1.97 bits per heavy atom. The summed E-state index contributed by atoms with van der Waals surface area (Å²) in [6, 6.07) is 15.3. The summed E-state index contributed by atoms with van der Waals surface area (Å²) >= 11 is 0. The molecule has 0 aliphatic heterocycles. The van der Waals surface area contributed by atoms with E-state index in [1.54, 1.807) is 30.3 Å². The van der Waals surface area contributed by atoms with Crippen molar-refractivity contribution < 1.29 is 28.2 Å². The summed E-state index contributed by atoms with van der Waals surface area (Å²) in [5.41, 5.74) is 4.05. The molecule has 0 saturated carbocycles. The maximum atomic E-state index is 12.0. The minimum Gasteiger partial charge on any atom is -0.493 e. The van der Waals surface area contributed by atoms with Crippen LogP contribution in [0.15, 0.2) is 70.4 Å². The summed E-state index contributed by atoms with van der Waals surface area (Å²) in [5.74, 6) is 0.209. The van der Waals surface area contributed by atoms with E-state index in [1.807, 2.05) is 25.1 Å². The first-order chi connectivity index (χ1) is 14.5. The molecule has 0 unspecified atom stereocenters. The zero-order chi connectivity index (χ0) is 21.3. The third-order valence-corrected chi connectivity index (χ3v) is 3.88. The molecule has 0 spiro atoms. The van der Waals surface area contributed by atoms with E-state index in [0.717, 1.165) is 5.56 Å². The van der Waals surface area contributed by atoms with Gasteiger partial charge in [-0.15, -0.1) is 0 Å². The second kappa shape index (κ2) is 9.92. The lowest BCUT2D eigenvalue weighted by Crippen LogP contribution is -2.24. The van der Waals surface area contributed by atoms with Crippen LogP contribution in [0, 0.1) is 6.92 Å². The molecule has 3 aromatic rings. The van der Waals surface area contributed by atoms with E-state index in [1.165, 1.54) is 25.7 Å². The van der Waals surface area contributed by atoms with E-state index in [9.17, 15) is 9.59 Å². The standard InChI is InChI=1S/C22H20N2O6/c1-15-5-3-6-17(11-15)29-14-21(25)24-23-13-16-8-9-18(20(12-16)27-2)30-22(26)19-7-4-10-28-19/h3-13H,14H2,1-2H3,(H,24,25). The molecule has 154 valence electrons. The molecule has 0 atom stereocenters. The van der Waals surface area contributed by atoms with Gasteiger partial charge in [-0.1, -0.05) is 12.1 Å². The van der Waals surface area contributed by atoms with Gasteiger partial charge in [0.1, 0.15) is 5.75 Å². The molecule has 1 amide bonds. The maximum absolute atomic E-state index is 12.0. The molecule has 0 saturated heterocycles. The lowest BCUT2D eigenvalue weighted by molar-refractivity contribution is -0.123. The van der Waals surface area contributed by atoms with Crippen molar-refractivity contribution in [3.8, 4) is 17.2 Å². The summed E-state index contributed by atoms with van der Waals surface area (Å²) in [6.07, 6.45) is 2.82. The quantitative estimate of drug-likeness (QED) is 0.266. The van der Waals surface area contributed by atoms with Crippen LogP contribution in [-0.2, 0) is 4.79 Å². The Kier molecular flexibility index (Phi) is 6.83. The smallest absolute Gasteiger partial charge is 0.379 e. The summed E-state index contributed by atoms with van der Waals surface area (Å²) in [4.78, 5) is 23.9. The number of esters is 1.